The minimum absolute atomic E-state index is 0.578. The van der Waals surface area contributed by atoms with Crippen molar-refractivity contribution in [2.45, 2.75) is 64.0 Å². The van der Waals surface area contributed by atoms with Gasteiger partial charge in [0.1, 0.15) is 0 Å². The fraction of sp³-hybridized carbons (Fsp3) is 0.812. The molecule has 2 rings (SSSR count). The van der Waals surface area contributed by atoms with E-state index in [1.165, 1.54) is 50.0 Å². The number of nitrogens with one attached hydrogen (secondary N) is 1. The highest BCUT2D eigenvalue weighted by Gasteiger charge is 2.18. The second-order valence-corrected chi connectivity index (χ2v) is 6.85. The first-order valence-electron chi connectivity index (χ1n) is 8.09. The third kappa shape index (κ3) is 4.81. The van der Waals surface area contributed by atoms with E-state index in [0.29, 0.717) is 12.1 Å². The lowest BCUT2D eigenvalue weighted by Gasteiger charge is -2.17. The van der Waals surface area contributed by atoms with Crippen LogP contribution in [0, 0.1) is 0 Å². The Hall–Kier alpha value is -0.480. The first kappa shape index (κ1) is 15.9. The van der Waals surface area contributed by atoms with Gasteiger partial charge in [-0.25, -0.2) is 0 Å². The Bertz CT molecular complexity index is 364. The van der Waals surface area contributed by atoms with Gasteiger partial charge in [0, 0.05) is 18.7 Å². The molecule has 114 valence electrons. The molecule has 1 heterocycles. The predicted octanol–water partition coefficient (Wildman–Crippen LogP) is 3.66. The van der Waals surface area contributed by atoms with Gasteiger partial charge in [-0.1, -0.05) is 19.8 Å². The van der Waals surface area contributed by atoms with Crippen LogP contribution in [-0.4, -0.2) is 34.4 Å². The van der Waals surface area contributed by atoms with Crippen LogP contribution in [0.25, 0.3) is 0 Å². The Morgan fingerprint density at radius 1 is 1.45 bits per heavy atom. The average molecular weight is 295 g/mol. The zero-order chi connectivity index (χ0) is 14.2. The summed E-state index contributed by atoms with van der Waals surface area (Å²) in [7, 11) is 0. The van der Waals surface area contributed by atoms with Gasteiger partial charge in [-0.3, -0.25) is 4.68 Å². The van der Waals surface area contributed by atoms with Crippen LogP contribution in [0.15, 0.2) is 12.3 Å². The zero-order valence-electron chi connectivity index (χ0n) is 13.0. The van der Waals surface area contributed by atoms with E-state index in [1.807, 2.05) is 11.8 Å². The van der Waals surface area contributed by atoms with Gasteiger partial charge in [0.15, 0.2) is 0 Å². The fourth-order valence-electron chi connectivity index (χ4n) is 3.00. The summed E-state index contributed by atoms with van der Waals surface area (Å²) in [6.07, 6.45) is 13.2. The van der Waals surface area contributed by atoms with Crippen LogP contribution in [-0.2, 0) is 6.42 Å². The van der Waals surface area contributed by atoms with Crippen molar-refractivity contribution in [3.63, 3.8) is 0 Å². The molecular weight excluding hydrogens is 266 g/mol. The van der Waals surface area contributed by atoms with E-state index in [0.717, 1.165) is 13.0 Å². The van der Waals surface area contributed by atoms with Crippen molar-refractivity contribution < 1.29 is 0 Å². The van der Waals surface area contributed by atoms with Crippen molar-refractivity contribution in [3.05, 3.63) is 18.0 Å². The number of thioether (sulfide) groups is 1. The van der Waals surface area contributed by atoms with Crippen molar-refractivity contribution in [2.75, 3.05) is 18.6 Å². The quantitative estimate of drug-likeness (QED) is 0.754. The summed E-state index contributed by atoms with van der Waals surface area (Å²) in [4.78, 5) is 0. The van der Waals surface area contributed by atoms with E-state index in [-0.39, 0.29) is 0 Å². The van der Waals surface area contributed by atoms with Gasteiger partial charge in [-0.2, -0.15) is 16.9 Å². The second-order valence-electron chi connectivity index (χ2n) is 5.86. The molecule has 1 fully saturated rings. The van der Waals surface area contributed by atoms with E-state index in [9.17, 15) is 0 Å². The molecule has 20 heavy (non-hydrogen) atoms. The van der Waals surface area contributed by atoms with Crippen molar-refractivity contribution in [1.29, 1.82) is 0 Å². The smallest absolute Gasteiger partial charge is 0.0640 e. The van der Waals surface area contributed by atoms with Gasteiger partial charge >= 0.3 is 0 Å². The molecule has 0 spiro atoms. The molecular formula is C16H29N3S. The number of aromatic nitrogens is 2. The summed E-state index contributed by atoms with van der Waals surface area (Å²) in [5.74, 6) is 1.23. The highest BCUT2D eigenvalue weighted by atomic mass is 32.2. The lowest BCUT2D eigenvalue weighted by molar-refractivity contribution is 0.452. The molecule has 0 saturated heterocycles. The maximum atomic E-state index is 4.82. The largest absolute Gasteiger partial charge is 0.314 e. The van der Waals surface area contributed by atoms with E-state index < -0.39 is 0 Å². The van der Waals surface area contributed by atoms with Crippen LogP contribution >= 0.6 is 11.8 Å². The third-order valence-corrected chi connectivity index (χ3v) is 4.82. The summed E-state index contributed by atoms with van der Waals surface area (Å²) in [5.41, 5.74) is 1.26. The Morgan fingerprint density at radius 3 is 2.95 bits per heavy atom. The molecule has 1 aliphatic rings. The third-order valence-electron chi connectivity index (χ3n) is 4.17. The Balaban J connectivity index is 1.87. The number of hydrogen-bond acceptors (Lipinski definition) is 3. The number of rotatable bonds is 9. The Labute approximate surface area is 127 Å². The van der Waals surface area contributed by atoms with Crippen molar-refractivity contribution in [3.8, 4) is 0 Å². The molecule has 0 amide bonds. The van der Waals surface area contributed by atoms with Gasteiger partial charge < -0.3 is 5.32 Å². The molecule has 1 saturated carbocycles. The molecule has 3 nitrogen and oxygen atoms in total. The average Bonchev–Trinajstić information content (AvgIpc) is 3.12. The maximum absolute atomic E-state index is 4.82. The lowest BCUT2D eigenvalue weighted by Crippen LogP contribution is -2.32. The van der Waals surface area contributed by atoms with Gasteiger partial charge in [0.05, 0.1) is 11.7 Å². The van der Waals surface area contributed by atoms with Gasteiger partial charge in [0.2, 0.25) is 0 Å². The first-order chi connectivity index (χ1) is 9.83. The second kappa shape index (κ2) is 8.73. The topological polar surface area (TPSA) is 29.9 Å². The van der Waals surface area contributed by atoms with E-state index in [4.69, 9.17) is 5.10 Å². The summed E-state index contributed by atoms with van der Waals surface area (Å²) in [6, 6.07) is 3.46. The van der Waals surface area contributed by atoms with Crippen LogP contribution < -0.4 is 5.32 Å². The molecule has 1 aromatic heterocycles. The van der Waals surface area contributed by atoms with Crippen molar-refractivity contribution in [2.24, 2.45) is 0 Å². The highest BCUT2D eigenvalue weighted by Crippen LogP contribution is 2.28. The minimum Gasteiger partial charge on any atom is -0.314 e. The predicted molar refractivity (Wildman–Crippen MR) is 88.5 cm³/mol. The standard InChI is InChI=1S/C16H29N3S/c1-3-10-17-14(9-12-20-2)13-15-8-11-19(18-15)16-6-4-5-7-16/h8,11,14,16-17H,3-7,9-10,12-13H2,1-2H3. The lowest BCUT2D eigenvalue weighted by atomic mass is 10.1. The van der Waals surface area contributed by atoms with Gasteiger partial charge in [-0.15, -0.1) is 0 Å². The summed E-state index contributed by atoms with van der Waals surface area (Å²) in [5, 5.41) is 8.49. The maximum Gasteiger partial charge on any atom is 0.0640 e. The molecule has 0 radical (unpaired) electrons. The normalized spacial score (nSPS) is 17.7. The van der Waals surface area contributed by atoms with Crippen molar-refractivity contribution in [1.82, 2.24) is 15.1 Å². The summed E-state index contributed by atoms with van der Waals surface area (Å²) < 4.78 is 2.22. The van der Waals surface area contributed by atoms with E-state index in [1.54, 1.807) is 0 Å². The zero-order valence-corrected chi connectivity index (χ0v) is 13.8. The Kier molecular flexibility index (Phi) is 6.94. The number of hydrogen-bond donors (Lipinski definition) is 1. The Morgan fingerprint density at radius 2 is 2.25 bits per heavy atom. The molecule has 1 N–H and O–H groups in total. The molecule has 1 unspecified atom stereocenters. The fourth-order valence-corrected chi connectivity index (χ4v) is 3.52. The minimum atomic E-state index is 0.578. The molecule has 1 aromatic rings. The van der Waals surface area contributed by atoms with Crippen LogP contribution in [0.5, 0.6) is 0 Å². The SMILES string of the molecule is CCCNC(CCSC)Cc1ccn(C2CCCC2)n1. The van der Waals surface area contributed by atoms with Gasteiger partial charge in [0.25, 0.3) is 0 Å². The van der Waals surface area contributed by atoms with E-state index in [2.05, 4.69) is 35.4 Å². The monoisotopic (exact) mass is 295 g/mol. The molecule has 1 aliphatic carbocycles. The molecule has 0 aliphatic heterocycles. The number of nitrogens with zero attached hydrogens (tertiary/aromatic N) is 2. The highest BCUT2D eigenvalue weighted by molar-refractivity contribution is 7.98. The molecule has 0 aromatic carbocycles. The van der Waals surface area contributed by atoms with Crippen LogP contribution in [0.3, 0.4) is 0 Å². The van der Waals surface area contributed by atoms with Crippen molar-refractivity contribution >= 4 is 11.8 Å². The first-order valence-corrected chi connectivity index (χ1v) is 9.49. The van der Waals surface area contributed by atoms with Crippen LogP contribution in [0.2, 0.25) is 0 Å². The van der Waals surface area contributed by atoms with Crippen LogP contribution in [0.4, 0.5) is 0 Å². The van der Waals surface area contributed by atoms with Crippen LogP contribution in [0.1, 0.15) is 57.2 Å². The van der Waals surface area contributed by atoms with E-state index >= 15 is 0 Å². The van der Waals surface area contributed by atoms with Gasteiger partial charge in [-0.05, 0) is 50.3 Å². The molecule has 0 bridgehead atoms. The molecule has 4 heteroatoms. The summed E-state index contributed by atoms with van der Waals surface area (Å²) in [6.45, 7) is 3.34. The summed E-state index contributed by atoms with van der Waals surface area (Å²) >= 11 is 1.93. The molecule has 1 atom stereocenters.